The van der Waals surface area contributed by atoms with Gasteiger partial charge in [0, 0.05) is 24.6 Å². The van der Waals surface area contributed by atoms with Crippen LogP contribution in [-0.4, -0.2) is 35.3 Å². The largest absolute Gasteiger partial charge is 0.371 e. The van der Waals surface area contributed by atoms with Gasteiger partial charge in [0.05, 0.1) is 12.2 Å². The molecule has 0 aliphatic carbocycles. The van der Waals surface area contributed by atoms with E-state index in [0.29, 0.717) is 12.2 Å². The standard InChI is InChI=1S/C14H20BrN3O/c1-14(2,3)13-16-11(15)6-12(17-13)18-7-9-4-5-10(8-18)19-9/h6,9-10H,4-5,7-8H2,1-3H3. The van der Waals surface area contributed by atoms with Crippen LogP contribution >= 0.6 is 15.9 Å². The summed E-state index contributed by atoms with van der Waals surface area (Å²) in [4.78, 5) is 11.6. The molecule has 0 aromatic carbocycles. The molecule has 5 heteroatoms. The van der Waals surface area contributed by atoms with Crippen LogP contribution < -0.4 is 4.90 Å². The zero-order chi connectivity index (χ0) is 13.6. The molecule has 2 fully saturated rings. The van der Waals surface area contributed by atoms with Crippen molar-refractivity contribution in [2.45, 2.75) is 51.2 Å². The van der Waals surface area contributed by atoms with E-state index in [1.807, 2.05) is 6.07 Å². The van der Waals surface area contributed by atoms with Gasteiger partial charge in [-0.3, -0.25) is 0 Å². The van der Waals surface area contributed by atoms with Gasteiger partial charge < -0.3 is 9.64 Å². The van der Waals surface area contributed by atoms with E-state index >= 15 is 0 Å². The molecule has 19 heavy (non-hydrogen) atoms. The SMILES string of the molecule is CC(C)(C)c1nc(Br)cc(N2CC3CCC(C2)O3)n1. The molecule has 2 saturated heterocycles. The molecule has 2 bridgehead atoms. The first-order chi connectivity index (χ1) is 8.91. The quantitative estimate of drug-likeness (QED) is 0.744. The number of nitrogens with zero attached hydrogens (tertiary/aromatic N) is 3. The van der Waals surface area contributed by atoms with E-state index in [-0.39, 0.29) is 5.41 Å². The summed E-state index contributed by atoms with van der Waals surface area (Å²) in [7, 11) is 0. The van der Waals surface area contributed by atoms with Gasteiger partial charge >= 0.3 is 0 Å². The second kappa shape index (κ2) is 4.70. The topological polar surface area (TPSA) is 38.2 Å². The van der Waals surface area contributed by atoms with Crippen LogP contribution in [0.3, 0.4) is 0 Å². The fourth-order valence-electron chi connectivity index (χ4n) is 2.71. The van der Waals surface area contributed by atoms with E-state index in [1.165, 1.54) is 12.8 Å². The van der Waals surface area contributed by atoms with Crippen LogP contribution in [0.15, 0.2) is 10.7 Å². The number of hydrogen-bond donors (Lipinski definition) is 0. The predicted molar refractivity (Wildman–Crippen MR) is 78.5 cm³/mol. The van der Waals surface area contributed by atoms with Crippen molar-refractivity contribution < 1.29 is 4.74 Å². The summed E-state index contributed by atoms with van der Waals surface area (Å²) in [5, 5.41) is 0. The molecule has 104 valence electrons. The zero-order valence-corrected chi connectivity index (χ0v) is 13.3. The van der Waals surface area contributed by atoms with Crippen LogP contribution in [0, 0.1) is 0 Å². The van der Waals surface area contributed by atoms with Gasteiger partial charge in [0.2, 0.25) is 0 Å². The first-order valence-electron chi connectivity index (χ1n) is 6.87. The maximum Gasteiger partial charge on any atom is 0.137 e. The first kappa shape index (κ1) is 13.3. The van der Waals surface area contributed by atoms with Crippen molar-refractivity contribution in [1.82, 2.24) is 9.97 Å². The Morgan fingerprint density at radius 2 is 1.84 bits per heavy atom. The summed E-state index contributed by atoms with van der Waals surface area (Å²) >= 11 is 3.51. The van der Waals surface area contributed by atoms with E-state index in [1.54, 1.807) is 0 Å². The number of morpholine rings is 1. The lowest BCUT2D eigenvalue weighted by Gasteiger charge is -2.33. The molecule has 0 spiro atoms. The Hall–Kier alpha value is -0.680. The Balaban J connectivity index is 1.90. The van der Waals surface area contributed by atoms with Gasteiger partial charge in [-0.2, -0.15) is 0 Å². The second-order valence-electron chi connectivity index (χ2n) is 6.48. The number of aromatic nitrogens is 2. The van der Waals surface area contributed by atoms with Crippen LogP contribution in [0.25, 0.3) is 0 Å². The minimum absolute atomic E-state index is 0.0379. The molecule has 0 amide bonds. The summed E-state index contributed by atoms with van der Waals surface area (Å²) in [6.07, 6.45) is 3.12. The lowest BCUT2D eigenvalue weighted by molar-refractivity contribution is 0.0302. The number of rotatable bonds is 1. The third-order valence-electron chi connectivity index (χ3n) is 3.72. The molecule has 2 atom stereocenters. The maximum atomic E-state index is 5.88. The van der Waals surface area contributed by atoms with Crippen molar-refractivity contribution >= 4 is 21.7 Å². The summed E-state index contributed by atoms with van der Waals surface area (Å²) < 4.78 is 6.74. The van der Waals surface area contributed by atoms with Gasteiger partial charge in [-0.15, -0.1) is 0 Å². The van der Waals surface area contributed by atoms with E-state index in [2.05, 4.69) is 46.6 Å². The Morgan fingerprint density at radius 3 is 2.42 bits per heavy atom. The highest BCUT2D eigenvalue weighted by atomic mass is 79.9. The number of hydrogen-bond acceptors (Lipinski definition) is 4. The van der Waals surface area contributed by atoms with Gasteiger partial charge in [0.1, 0.15) is 16.2 Å². The first-order valence-corrected chi connectivity index (χ1v) is 7.66. The number of fused-ring (bicyclic) bond motifs is 2. The average molecular weight is 326 g/mol. The monoisotopic (exact) mass is 325 g/mol. The number of anilines is 1. The van der Waals surface area contributed by atoms with Crippen LogP contribution in [0.4, 0.5) is 5.82 Å². The highest BCUT2D eigenvalue weighted by Gasteiger charge is 2.34. The maximum absolute atomic E-state index is 5.88. The number of halogens is 1. The van der Waals surface area contributed by atoms with Crippen LogP contribution in [0.5, 0.6) is 0 Å². The van der Waals surface area contributed by atoms with Gasteiger partial charge in [-0.1, -0.05) is 20.8 Å². The van der Waals surface area contributed by atoms with Gasteiger partial charge in [0.15, 0.2) is 0 Å². The molecule has 2 unspecified atom stereocenters. The van der Waals surface area contributed by atoms with Crippen molar-refractivity contribution in [2.24, 2.45) is 0 Å². The summed E-state index contributed by atoms with van der Waals surface area (Å²) in [5.74, 6) is 1.91. The predicted octanol–water partition coefficient (Wildman–Crippen LogP) is 2.90. The third kappa shape index (κ3) is 2.77. The molecule has 1 aromatic heterocycles. The van der Waals surface area contributed by atoms with Crippen LogP contribution in [0.1, 0.15) is 39.4 Å². The van der Waals surface area contributed by atoms with E-state index < -0.39 is 0 Å². The molecular weight excluding hydrogens is 306 g/mol. The Kier molecular flexibility index (Phi) is 3.29. The van der Waals surface area contributed by atoms with Crippen molar-refractivity contribution in [2.75, 3.05) is 18.0 Å². The molecule has 4 nitrogen and oxygen atoms in total. The molecular formula is C14H20BrN3O. The normalized spacial score (nSPS) is 26.8. The minimum Gasteiger partial charge on any atom is -0.371 e. The Bertz CT molecular complexity index is 474. The van der Waals surface area contributed by atoms with Crippen molar-refractivity contribution in [3.8, 4) is 0 Å². The summed E-state index contributed by atoms with van der Waals surface area (Å²) in [6, 6.07) is 2.01. The second-order valence-corrected chi connectivity index (χ2v) is 7.30. The molecule has 0 radical (unpaired) electrons. The lowest BCUT2D eigenvalue weighted by atomic mass is 9.96. The Labute approximate surface area is 122 Å². The van der Waals surface area contributed by atoms with E-state index in [0.717, 1.165) is 29.3 Å². The van der Waals surface area contributed by atoms with E-state index in [9.17, 15) is 0 Å². The fraction of sp³-hybridized carbons (Fsp3) is 0.714. The molecule has 0 N–H and O–H groups in total. The minimum atomic E-state index is -0.0379. The van der Waals surface area contributed by atoms with E-state index in [4.69, 9.17) is 9.72 Å². The molecule has 3 heterocycles. The highest BCUT2D eigenvalue weighted by Crippen LogP contribution is 2.30. The van der Waals surface area contributed by atoms with Crippen molar-refractivity contribution in [1.29, 1.82) is 0 Å². The molecule has 0 saturated carbocycles. The molecule has 2 aliphatic heterocycles. The van der Waals surface area contributed by atoms with Crippen molar-refractivity contribution in [3.63, 3.8) is 0 Å². The molecule has 1 aromatic rings. The molecule has 3 rings (SSSR count). The average Bonchev–Trinajstić information content (AvgIpc) is 2.66. The van der Waals surface area contributed by atoms with Crippen LogP contribution in [0.2, 0.25) is 0 Å². The van der Waals surface area contributed by atoms with Gasteiger partial charge in [0.25, 0.3) is 0 Å². The summed E-state index contributed by atoms with van der Waals surface area (Å²) in [5.41, 5.74) is -0.0379. The zero-order valence-electron chi connectivity index (χ0n) is 11.7. The van der Waals surface area contributed by atoms with Gasteiger partial charge in [-0.05, 0) is 28.8 Å². The summed E-state index contributed by atoms with van der Waals surface area (Å²) in [6.45, 7) is 8.32. The fourth-order valence-corrected chi connectivity index (χ4v) is 3.08. The smallest absolute Gasteiger partial charge is 0.137 e. The van der Waals surface area contributed by atoms with Crippen molar-refractivity contribution in [3.05, 3.63) is 16.5 Å². The number of ether oxygens (including phenoxy) is 1. The van der Waals surface area contributed by atoms with Crippen LogP contribution in [-0.2, 0) is 10.2 Å². The molecule has 2 aliphatic rings. The van der Waals surface area contributed by atoms with Gasteiger partial charge in [-0.25, -0.2) is 9.97 Å². The Morgan fingerprint density at radius 1 is 1.21 bits per heavy atom. The third-order valence-corrected chi connectivity index (χ3v) is 4.13. The highest BCUT2D eigenvalue weighted by molar-refractivity contribution is 9.10. The lowest BCUT2D eigenvalue weighted by Crippen LogP contribution is -2.43.